The second-order valence-electron chi connectivity index (χ2n) is 4.99. The van der Waals surface area contributed by atoms with E-state index < -0.39 is 5.97 Å². The molecule has 1 aromatic rings. The standard InChI is InChI=1S/C14H20N2O2/c15-12-5-7-13(8-6-12)16-9-10-1-3-11(4-2-10)14(17)18/h1-4,12-13,16H,5-9,15H2,(H,17,18). The van der Waals surface area contributed by atoms with Crippen LogP contribution in [0.2, 0.25) is 0 Å². The van der Waals surface area contributed by atoms with Gasteiger partial charge in [0.05, 0.1) is 5.56 Å². The van der Waals surface area contributed by atoms with Crippen molar-refractivity contribution in [2.75, 3.05) is 0 Å². The Morgan fingerprint density at radius 3 is 2.39 bits per heavy atom. The van der Waals surface area contributed by atoms with Crippen LogP contribution < -0.4 is 11.1 Å². The van der Waals surface area contributed by atoms with Gasteiger partial charge in [-0.15, -0.1) is 0 Å². The highest BCUT2D eigenvalue weighted by Crippen LogP contribution is 2.17. The number of benzene rings is 1. The van der Waals surface area contributed by atoms with E-state index in [2.05, 4.69) is 5.32 Å². The van der Waals surface area contributed by atoms with Gasteiger partial charge in [0, 0.05) is 18.6 Å². The van der Waals surface area contributed by atoms with Crippen LogP contribution in [0.5, 0.6) is 0 Å². The van der Waals surface area contributed by atoms with E-state index in [1.165, 1.54) is 0 Å². The molecule has 0 unspecified atom stereocenters. The van der Waals surface area contributed by atoms with Crippen LogP contribution in [0.1, 0.15) is 41.6 Å². The van der Waals surface area contributed by atoms with Gasteiger partial charge in [0.2, 0.25) is 0 Å². The number of hydrogen-bond donors (Lipinski definition) is 3. The highest BCUT2D eigenvalue weighted by Gasteiger charge is 2.17. The molecule has 1 aliphatic rings. The Morgan fingerprint density at radius 1 is 1.22 bits per heavy atom. The molecule has 98 valence electrons. The van der Waals surface area contributed by atoms with Crippen molar-refractivity contribution in [3.63, 3.8) is 0 Å². The predicted molar refractivity (Wildman–Crippen MR) is 70.5 cm³/mol. The Hall–Kier alpha value is -1.39. The average Bonchev–Trinajstić information content (AvgIpc) is 2.38. The van der Waals surface area contributed by atoms with Gasteiger partial charge in [0.15, 0.2) is 0 Å². The summed E-state index contributed by atoms with van der Waals surface area (Å²) in [6.07, 6.45) is 4.45. The first-order valence-electron chi connectivity index (χ1n) is 6.46. The van der Waals surface area contributed by atoms with E-state index in [-0.39, 0.29) is 0 Å². The lowest BCUT2D eigenvalue weighted by Crippen LogP contribution is -2.37. The third-order valence-electron chi connectivity index (χ3n) is 3.57. The van der Waals surface area contributed by atoms with Crippen LogP contribution in [0.3, 0.4) is 0 Å². The van der Waals surface area contributed by atoms with Gasteiger partial charge in [-0.05, 0) is 43.4 Å². The summed E-state index contributed by atoms with van der Waals surface area (Å²) < 4.78 is 0. The molecule has 0 radical (unpaired) electrons. The van der Waals surface area contributed by atoms with Crippen LogP contribution >= 0.6 is 0 Å². The van der Waals surface area contributed by atoms with Crippen LogP contribution in [0.4, 0.5) is 0 Å². The summed E-state index contributed by atoms with van der Waals surface area (Å²) in [5.74, 6) is -0.879. The van der Waals surface area contributed by atoms with Gasteiger partial charge in [-0.25, -0.2) is 4.79 Å². The largest absolute Gasteiger partial charge is 0.478 e. The number of aromatic carboxylic acids is 1. The third kappa shape index (κ3) is 3.55. The normalized spacial score (nSPS) is 23.8. The molecule has 0 saturated heterocycles. The zero-order chi connectivity index (χ0) is 13.0. The number of hydrogen-bond acceptors (Lipinski definition) is 3. The van der Waals surface area contributed by atoms with Gasteiger partial charge in [0.1, 0.15) is 0 Å². The van der Waals surface area contributed by atoms with Crippen molar-refractivity contribution in [2.24, 2.45) is 5.73 Å². The number of nitrogens with two attached hydrogens (primary N) is 1. The molecule has 0 atom stereocenters. The minimum atomic E-state index is -0.879. The molecule has 4 N–H and O–H groups in total. The summed E-state index contributed by atoms with van der Waals surface area (Å²) in [5.41, 5.74) is 7.32. The van der Waals surface area contributed by atoms with Crippen molar-refractivity contribution < 1.29 is 9.90 Å². The quantitative estimate of drug-likeness (QED) is 0.758. The van der Waals surface area contributed by atoms with E-state index in [4.69, 9.17) is 10.8 Å². The molecule has 0 aliphatic heterocycles. The third-order valence-corrected chi connectivity index (χ3v) is 3.57. The molecule has 0 aromatic heterocycles. The Balaban J connectivity index is 1.81. The lowest BCUT2D eigenvalue weighted by atomic mass is 9.92. The summed E-state index contributed by atoms with van der Waals surface area (Å²) >= 11 is 0. The van der Waals surface area contributed by atoms with E-state index in [1.807, 2.05) is 12.1 Å². The van der Waals surface area contributed by atoms with E-state index in [1.54, 1.807) is 12.1 Å². The molecule has 0 heterocycles. The summed E-state index contributed by atoms with van der Waals surface area (Å²) in [7, 11) is 0. The maximum atomic E-state index is 10.7. The van der Waals surface area contributed by atoms with Gasteiger partial charge in [-0.2, -0.15) is 0 Å². The molecular formula is C14H20N2O2. The van der Waals surface area contributed by atoms with Crippen molar-refractivity contribution in [2.45, 2.75) is 44.3 Å². The maximum Gasteiger partial charge on any atom is 0.335 e. The highest BCUT2D eigenvalue weighted by atomic mass is 16.4. The average molecular weight is 248 g/mol. The molecule has 2 rings (SSSR count). The predicted octanol–water partition coefficient (Wildman–Crippen LogP) is 1.74. The van der Waals surface area contributed by atoms with Crippen molar-refractivity contribution in [1.29, 1.82) is 0 Å². The highest BCUT2D eigenvalue weighted by molar-refractivity contribution is 5.87. The van der Waals surface area contributed by atoms with Gasteiger partial charge >= 0.3 is 5.97 Å². The zero-order valence-corrected chi connectivity index (χ0v) is 10.4. The van der Waals surface area contributed by atoms with Crippen LogP contribution in [-0.2, 0) is 6.54 Å². The van der Waals surface area contributed by atoms with Crippen molar-refractivity contribution in [3.8, 4) is 0 Å². The summed E-state index contributed by atoms with van der Waals surface area (Å²) in [6.45, 7) is 0.791. The fourth-order valence-corrected chi connectivity index (χ4v) is 2.35. The minimum Gasteiger partial charge on any atom is -0.478 e. The molecule has 1 fully saturated rings. The van der Waals surface area contributed by atoms with Crippen molar-refractivity contribution >= 4 is 5.97 Å². The molecule has 1 saturated carbocycles. The zero-order valence-electron chi connectivity index (χ0n) is 10.4. The Labute approximate surface area is 107 Å². The molecule has 4 heteroatoms. The van der Waals surface area contributed by atoms with Gasteiger partial charge in [-0.3, -0.25) is 0 Å². The second-order valence-corrected chi connectivity index (χ2v) is 4.99. The first-order chi connectivity index (χ1) is 8.65. The summed E-state index contributed by atoms with van der Waals surface area (Å²) in [4.78, 5) is 10.7. The van der Waals surface area contributed by atoms with Crippen molar-refractivity contribution in [3.05, 3.63) is 35.4 Å². The lowest BCUT2D eigenvalue weighted by molar-refractivity contribution is 0.0697. The topological polar surface area (TPSA) is 75.3 Å². The fourth-order valence-electron chi connectivity index (χ4n) is 2.35. The van der Waals surface area contributed by atoms with Crippen LogP contribution in [0, 0.1) is 0 Å². The molecule has 4 nitrogen and oxygen atoms in total. The van der Waals surface area contributed by atoms with Crippen molar-refractivity contribution in [1.82, 2.24) is 5.32 Å². The molecule has 1 aliphatic carbocycles. The smallest absolute Gasteiger partial charge is 0.335 e. The number of carboxylic acid groups (broad SMARTS) is 1. The first-order valence-corrected chi connectivity index (χ1v) is 6.46. The van der Waals surface area contributed by atoms with E-state index in [9.17, 15) is 4.79 Å². The SMILES string of the molecule is NC1CCC(NCc2ccc(C(=O)O)cc2)CC1. The van der Waals surface area contributed by atoms with Crippen LogP contribution in [0.15, 0.2) is 24.3 Å². The van der Waals surface area contributed by atoms with E-state index in [0.29, 0.717) is 17.6 Å². The minimum absolute atomic E-state index is 0.336. The summed E-state index contributed by atoms with van der Waals surface area (Å²) in [5, 5.41) is 12.3. The number of carboxylic acids is 1. The number of carbonyl (C=O) groups is 1. The monoisotopic (exact) mass is 248 g/mol. The van der Waals surface area contributed by atoms with Crippen LogP contribution in [0.25, 0.3) is 0 Å². The molecule has 0 amide bonds. The lowest BCUT2D eigenvalue weighted by Gasteiger charge is -2.27. The second kappa shape index (κ2) is 5.98. The summed E-state index contributed by atoms with van der Waals surface area (Å²) in [6, 6.07) is 7.95. The number of rotatable bonds is 4. The maximum absolute atomic E-state index is 10.7. The Kier molecular flexibility index (Phi) is 4.33. The Morgan fingerprint density at radius 2 is 1.83 bits per heavy atom. The molecular weight excluding hydrogens is 228 g/mol. The molecule has 0 bridgehead atoms. The van der Waals surface area contributed by atoms with Gasteiger partial charge in [-0.1, -0.05) is 12.1 Å². The fraction of sp³-hybridized carbons (Fsp3) is 0.500. The van der Waals surface area contributed by atoms with Crippen LogP contribution in [-0.4, -0.2) is 23.2 Å². The van der Waals surface area contributed by atoms with E-state index in [0.717, 1.165) is 37.8 Å². The Bertz CT molecular complexity index is 395. The van der Waals surface area contributed by atoms with E-state index >= 15 is 0 Å². The van der Waals surface area contributed by atoms with Gasteiger partial charge in [0.25, 0.3) is 0 Å². The van der Waals surface area contributed by atoms with Gasteiger partial charge < -0.3 is 16.2 Å². The molecule has 0 spiro atoms. The first kappa shape index (κ1) is 13.1. The molecule has 18 heavy (non-hydrogen) atoms. The number of nitrogens with one attached hydrogen (secondary N) is 1. The molecule has 1 aromatic carbocycles.